The molecule has 0 bridgehead atoms. The van der Waals surface area contributed by atoms with Gasteiger partial charge in [-0.05, 0) is 43.0 Å². The van der Waals surface area contributed by atoms with Crippen LogP contribution in [0.1, 0.15) is 42.9 Å². The molecule has 6 heteroatoms. The number of rotatable bonds is 9. The third-order valence-electron chi connectivity index (χ3n) is 5.52. The van der Waals surface area contributed by atoms with Gasteiger partial charge in [0.1, 0.15) is 24.0 Å². The van der Waals surface area contributed by atoms with Crippen LogP contribution in [0.15, 0.2) is 48.5 Å². The van der Waals surface area contributed by atoms with Crippen LogP contribution in [0, 0.1) is 13.8 Å². The molecule has 2 N–H and O–H groups in total. The van der Waals surface area contributed by atoms with Crippen LogP contribution >= 0.6 is 0 Å². The van der Waals surface area contributed by atoms with Crippen molar-refractivity contribution in [3.05, 3.63) is 65.2 Å². The lowest BCUT2D eigenvalue weighted by molar-refractivity contribution is -0.133. The highest BCUT2D eigenvalue weighted by Crippen LogP contribution is 2.34. The van der Waals surface area contributed by atoms with Crippen LogP contribution in [0.5, 0.6) is 5.75 Å². The van der Waals surface area contributed by atoms with E-state index in [1.165, 1.54) is 0 Å². The van der Waals surface area contributed by atoms with Gasteiger partial charge < -0.3 is 15.2 Å². The zero-order chi connectivity index (χ0) is 21.7. The topological polar surface area (TPSA) is 78.9 Å². The first-order chi connectivity index (χ1) is 14.4. The number of aliphatic hydroxyl groups is 1. The van der Waals surface area contributed by atoms with Crippen molar-refractivity contribution in [2.24, 2.45) is 0 Å². The Labute approximate surface area is 177 Å². The second-order valence-corrected chi connectivity index (χ2v) is 7.95. The molecular weight excluding hydrogens is 380 g/mol. The van der Waals surface area contributed by atoms with Gasteiger partial charge in [-0.15, -0.1) is 0 Å². The van der Waals surface area contributed by atoms with E-state index in [0.29, 0.717) is 12.2 Å². The number of amides is 3. The molecule has 0 spiro atoms. The molecule has 1 aliphatic heterocycles. The maximum absolute atomic E-state index is 13.3. The van der Waals surface area contributed by atoms with Gasteiger partial charge in [0.05, 0.1) is 6.54 Å². The summed E-state index contributed by atoms with van der Waals surface area (Å²) in [6.45, 7) is 5.83. The van der Waals surface area contributed by atoms with Crippen molar-refractivity contribution >= 4 is 11.9 Å². The molecule has 2 atom stereocenters. The summed E-state index contributed by atoms with van der Waals surface area (Å²) in [5.74, 6) is 0.366. The van der Waals surface area contributed by atoms with Crippen LogP contribution in [-0.2, 0) is 10.3 Å². The van der Waals surface area contributed by atoms with Crippen molar-refractivity contribution in [3.8, 4) is 5.75 Å². The lowest BCUT2D eigenvalue weighted by atomic mass is 9.85. The van der Waals surface area contributed by atoms with Crippen molar-refractivity contribution in [2.45, 2.75) is 51.7 Å². The van der Waals surface area contributed by atoms with Crippen LogP contribution in [0.2, 0.25) is 0 Å². The number of aryl methyl sites for hydroxylation is 2. The fourth-order valence-electron chi connectivity index (χ4n) is 3.78. The van der Waals surface area contributed by atoms with Crippen molar-refractivity contribution in [1.29, 1.82) is 0 Å². The monoisotopic (exact) mass is 410 g/mol. The number of hydrogen-bond donors (Lipinski definition) is 2. The molecule has 1 saturated heterocycles. The average molecular weight is 411 g/mol. The zero-order valence-corrected chi connectivity index (χ0v) is 17.9. The molecule has 30 heavy (non-hydrogen) atoms. The Bertz CT molecular complexity index is 899. The Balaban J connectivity index is 1.72. The molecule has 2 aromatic carbocycles. The number of imide groups is 1. The van der Waals surface area contributed by atoms with E-state index >= 15 is 0 Å². The van der Waals surface area contributed by atoms with Gasteiger partial charge in [-0.2, -0.15) is 0 Å². The van der Waals surface area contributed by atoms with Crippen molar-refractivity contribution < 1.29 is 19.4 Å². The Morgan fingerprint density at radius 1 is 1.13 bits per heavy atom. The minimum Gasteiger partial charge on any atom is -0.491 e. The number of aliphatic hydroxyl groups excluding tert-OH is 1. The number of carbonyl (C=O) groups is 2. The molecule has 2 unspecified atom stereocenters. The SMILES string of the molecule is CCCCC1(c2ccccc2)NC(=O)N(CC(O)COc2cc(C)ccc2C)C1=O. The molecule has 0 aromatic heterocycles. The van der Waals surface area contributed by atoms with Crippen LogP contribution in [0.25, 0.3) is 0 Å². The van der Waals surface area contributed by atoms with Gasteiger partial charge in [-0.1, -0.05) is 62.2 Å². The van der Waals surface area contributed by atoms with E-state index in [-0.39, 0.29) is 19.1 Å². The molecule has 0 aliphatic carbocycles. The summed E-state index contributed by atoms with van der Waals surface area (Å²) >= 11 is 0. The standard InChI is InChI=1S/C24H30N2O4/c1-4-5-13-24(19-9-7-6-8-10-19)22(28)26(23(29)25-24)15-20(27)16-30-21-14-17(2)11-12-18(21)3/h6-12,14,20,27H,4-5,13,15-16H2,1-3H3,(H,25,29). The molecule has 1 heterocycles. The summed E-state index contributed by atoms with van der Waals surface area (Å²) in [7, 11) is 0. The first-order valence-corrected chi connectivity index (χ1v) is 10.4. The number of β-amino-alcohol motifs (C(OH)–C–C–N with tert-alkyl or cyclic N) is 1. The maximum Gasteiger partial charge on any atom is 0.325 e. The largest absolute Gasteiger partial charge is 0.491 e. The second-order valence-electron chi connectivity index (χ2n) is 7.95. The molecule has 3 rings (SSSR count). The summed E-state index contributed by atoms with van der Waals surface area (Å²) in [4.78, 5) is 27.1. The van der Waals surface area contributed by atoms with E-state index in [9.17, 15) is 14.7 Å². The number of urea groups is 1. The van der Waals surface area contributed by atoms with E-state index in [1.807, 2.05) is 69.3 Å². The summed E-state index contributed by atoms with van der Waals surface area (Å²) in [6.07, 6.45) is 1.23. The van der Waals surface area contributed by atoms with Crippen LogP contribution < -0.4 is 10.1 Å². The normalized spacial score (nSPS) is 19.7. The Kier molecular flexibility index (Phi) is 6.77. The van der Waals surface area contributed by atoms with E-state index in [2.05, 4.69) is 5.32 Å². The number of unbranched alkanes of at least 4 members (excludes halogenated alkanes) is 1. The van der Waals surface area contributed by atoms with E-state index in [0.717, 1.165) is 34.4 Å². The third-order valence-corrected chi connectivity index (χ3v) is 5.52. The van der Waals surface area contributed by atoms with E-state index in [1.54, 1.807) is 0 Å². The van der Waals surface area contributed by atoms with Gasteiger partial charge in [0.15, 0.2) is 0 Å². The fourth-order valence-corrected chi connectivity index (χ4v) is 3.78. The van der Waals surface area contributed by atoms with Gasteiger partial charge in [0, 0.05) is 0 Å². The molecule has 1 fully saturated rings. The summed E-state index contributed by atoms with van der Waals surface area (Å²) in [5.41, 5.74) is 1.70. The summed E-state index contributed by atoms with van der Waals surface area (Å²) in [5, 5.41) is 13.4. The highest BCUT2D eigenvalue weighted by molar-refractivity contribution is 6.07. The summed E-state index contributed by atoms with van der Waals surface area (Å²) in [6, 6.07) is 14.7. The van der Waals surface area contributed by atoms with Gasteiger partial charge >= 0.3 is 6.03 Å². The van der Waals surface area contributed by atoms with Gasteiger partial charge in [-0.25, -0.2) is 4.79 Å². The fraction of sp³-hybridized carbons (Fsp3) is 0.417. The van der Waals surface area contributed by atoms with Crippen LogP contribution in [0.3, 0.4) is 0 Å². The van der Waals surface area contributed by atoms with E-state index in [4.69, 9.17) is 4.74 Å². The molecule has 6 nitrogen and oxygen atoms in total. The number of hydrogen-bond acceptors (Lipinski definition) is 4. The Morgan fingerprint density at radius 3 is 2.57 bits per heavy atom. The summed E-state index contributed by atoms with van der Waals surface area (Å²) < 4.78 is 5.74. The van der Waals surface area contributed by atoms with Crippen LogP contribution in [-0.4, -0.2) is 41.2 Å². The smallest absolute Gasteiger partial charge is 0.325 e. The Hall–Kier alpha value is -2.86. The number of carbonyl (C=O) groups excluding carboxylic acids is 2. The van der Waals surface area contributed by atoms with Gasteiger partial charge in [0.2, 0.25) is 0 Å². The molecule has 160 valence electrons. The highest BCUT2D eigenvalue weighted by Gasteiger charge is 2.52. The van der Waals surface area contributed by atoms with Crippen LogP contribution in [0.4, 0.5) is 4.79 Å². The molecule has 1 aliphatic rings. The van der Waals surface area contributed by atoms with Crippen molar-refractivity contribution in [3.63, 3.8) is 0 Å². The minimum absolute atomic E-state index is 0.00531. The van der Waals surface area contributed by atoms with Crippen molar-refractivity contribution in [2.75, 3.05) is 13.2 Å². The third kappa shape index (κ3) is 4.49. The minimum atomic E-state index is -1.08. The molecular formula is C24H30N2O4. The first kappa shape index (κ1) is 21.8. The highest BCUT2D eigenvalue weighted by atomic mass is 16.5. The molecule has 3 amide bonds. The predicted octanol–water partition coefficient (Wildman–Crippen LogP) is 3.68. The van der Waals surface area contributed by atoms with E-state index < -0.39 is 17.7 Å². The predicted molar refractivity (Wildman–Crippen MR) is 115 cm³/mol. The number of nitrogens with zero attached hydrogens (tertiary/aromatic N) is 1. The first-order valence-electron chi connectivity index (χ1n) is 10.4. The van der Waals surface area contributed by atoms with Crippen molar-refractivity contribution in [1.82, 2.24) is 10.2 Å². The number of benzene rings is 2. The zero-order valence-electron chi connectivity index (χ0n) is 17.9. The molecule has 0 saturated carbocycles. The number of ether oxygens (including phenoxy) is 1. The average Bonchev–Trinajstić information content (AvgIpc) is 2.98. The number of nitrogens with one attached hydrogen (secondary N) is 1. The van der Waals surface area contributed by atoms with Gasteiger partial charge in [0.25, 0.3) is 5.91 Å². The second kappa shape index (κ2) is 9.30. The molecule has 0 radical (unpaired) electrons. The quantitative estimate of drug-likeness (QED) is 0.618. The lowest BCUT2D eigenvalue weighted by Crippen LogP contribution is -2.45. The Morgan fingerprint density at radius 2 is 1.87 bits per heavy atom. The maximum atomic E-state index is 13.3. The lowest BCUT2D eigenvalue weighted by Gasteiger charge is -2.27. The molecule has 2 aromatic rings. The van der Waals surface area contributed by atoms with Gasteiger partial charge in [-0.3, -0.25) is 9.69 Å².